The molecule has 0 fully saturated rings. The molecule has 0 unspecified atom stereocenters. The van der Waals surface area contributed by atoms with Gasteiger partial charge in [0.2, 0.25) is 0 Å². The quantitative estimate of drug-likeness (QED) is 0.917. The van der Waals surface area contributed by atoms with Gasteiger partial charge in [-0.25, -0.2) is 4.98 Å². The Morgan fingerprint density at radius 1 is 1.39 bits per heavy atom. The number of aliphatic carboxylic acids is 1. The monoisotopic (exact) mass is 266 g/mol. The normalized spacial score (nSPS) is 11.1. The molecule has 2 rings (SSSR count). The third-order valence-electron chi connectivity index (χ3n) is 3.03. The van der Waals surface area contributed by atoms with Crippen molar-refractivity contribution in [2.75, 3.05) is 0 Å². The lowest BCUT2D eigenvalue weighted by Crippen LogP contribution is -2.22. The van der Waals surface area contributed by atoms with Gasteiger partial charge in [0.25, 0.3) is 5.56 Å². The molecule has 0 aliphatic heterocycles. The molecule has 0 saturated carbocycles. The summed E-state index contributed by atoms with van der Waals surface area (Å²) in [6, 6.07) is 0. The van der Waals surface area contributed by atoms with Gasteiger partial charge in [0, 0.05) is 28.2 Å². The van der Waals surface area contributed by atoms with Gasteiger partial charge in [-0.15, -0.1) is 11.3 Å². The maximum Gasteiger partial charge on any atom is 0.303 e. The molecule has 1 N–H and O–H groups in total. The average Bonchev–Trinajstić information content (AvgIpc) is 2.53. The molecule has 0 spiro atoms. The summed E-state index contributed by atoms with van der Waals surface area (Å²) in [6.07, 6.45) is 0.177. The Hall–Kier alpha value is -1.69. The number of fused-ring (bicyclic) bond motifs is 1. The van der Waals surface area contributed by atoms with E-state index in [0.717, 1.165) is 10.6 Å². The molecule has 0 aromatic carbocycles. The minimum Gasteiger partial charge on any atom is -0.481 e. The van der Waals surface area contributed by atoms with Crippen molar-refractivity contribution < 1.29 is 9.90 Å². The fraction of sp³-hybridized carbons (Fsp3) is 0.417. The number of aryl methyl sites for hydroxylation is 3. The molecule has 18 heavy (non-hydrogen) atoms. The summed E-state index contributed by atoms with van der Waals surface area (Å²) in [6.45, 7) is 5.57. The molecule has 2 heterocycles. The highest BCUT2D eigenvalue weighted by molar-refractivity contribution is 7.17. The zero-order valence-corrected chi connectivity index (χ0v) is 11.3. The highest BCUT2D eigenvalue weighted by Crippen LogP contribution is 2.19. The molecule has 2 aromatic rings. The topological polar surface area (TPSA) is 71.7 Å². The molecule has 0 atom stereocenters. The van der Waals surface area contributed by atoms with Crippen LogP contribution in [0.3, 0.4) is 0 Å². The standard InChI is InChI=1S/C12H14N2O3S/c1-6-9(4-5-10(15)16)11(17)14-7(2)8(3)18-12(14)13-6/h4-5H2,1-3H3,(H,15,16). The number of rotatable bonds is 3. The molecule has 5 nitrogen and oxygen atoms in total. The van der Waals surface area contributed by atoms with E-state index < -0.39 is 5.97 Å². The second-order valence-corrected chi connectivity index (χ2v) is 5.42. The van der Waals surface area contributed by atoms with E-state index in [4.69, 9.17) is 5.11 Å². The van der Waals surface area contributed by atoms with Gasteiger partial charge in [-0.3, -0.25) is 14.0 Å². The molecule has 0 aliphatic carbocycles. The van der Waals surface area contributed by atoms with Crippen molar-refractivity contribution in [3.63, 3.8) is 0 Å². The van der Waals surface area contributed by atoms with Gasteiger partial charge in [-0.1, -0.05) is 0 Å². The summed E-state index contributed by atoms with van der Waals surface area (Å²) in [4.78, 5) is 29.0. The van der Waals surface area contributed by atoms with Gasteiger partial charge in [0.15, 0.2) is 4.96 Å². The third-order valence-corrected chi connectivity index (χ3v) is 4.09. The fourth-order valence-electron chi connectivity index (χ4n) is 1.89. The van der Waals surface area contributed by atoms with E-state index in [2.05, 4.69) is 4.98 Å². The van der Waals surface area contributed by atoms with Crippen molar-refractivity contribution in [2.24, 2.45) is 0 Å². The van der Waals surface area contributed by atoms with Crippen LogP contribution in [0.4, 0.5) is 0 Å². The van der Waals surface area contributed by atoms with Crippen molar-refractivity contribution >= 4 is 22.3 Å². The molecule has 0 saturated heterocycles. The Morgan fingerprint density at radius 3 is 2.67 bits per heavy atom. The first-order chi connectivity index (χ1) is 8.41. The number of nitrogens with zero attached hydrogens (tertiary/aromatic N) is 2. The van der Waals surface area contributed by atoms with Gasteiger partial charge in [-0.05, 0) is 27.2 Å². The van der Waals surface area contributed by atoms with Gasteiger partial charge < -0.3 is 5.11 Å². The zero-order valence-electron chi connectivity index (χ0n) is 10.5. The molecule has 0 aliphatic rings. The molecule has 96 valence electrons. The first-order valence-corrected chi connectivity index (χ1v) is 6.43. The van der Waals surface area contributed by atoms with Crippen molar-refractivity contribution in [1.82, 2.24) is 9.38 Å². The SMILES string of the molecule is Cc1nc2sc(C)c(C)n2c(=O)c1CCC(=O)O. The second kappa shape index (κ2) is 4.53. The zero-order chi connectivity index (χ0) is 13.4. The van der Waals surface area contributed by atoms with Gasteiger partial charge in [0.05, 0.1) is 0 Å². The fourth-order valence-corrected chi connectivity index (χ4v) is 2.90. The molecular formula is C12H14N2O3S. The number of hydrogen-bond acceptors (Lipinski definition) is 4. The largest absolute Gasteiger partial charge is 0.481 e. The first-order valence-electron chi connectivity index (χ1n) is 5.62. The molecule has 6 heteroatoms. The van der Waals surface area contributed by atoms with Crippen LogP contribution in [0.15, 0.2) is 4.79 Å². The van der Waals surface area contributed by atoms with Crippen LogP contribution < -0.4 is 5.56 Å². The minimum absolute atomic E-state index is 0.0496. The van der Waals surface area contributed by atoms with Crippen LogP contribution in [-0.2, 0) is 11.2 Å². The maximum absolute atomic E-state index is 12.3. The number of hydrogen-bond donors (Lipinski definition) is 1. The summed E-state index contributed by atoms with van der Waals surface area (Å²) in [5.41, 5.74) is 1.86. The second-order valence-electron chi connectivity index (χ2n) is 4.24. The number of aromatic nitrogens is 2. The van der Waals surface area contributed by atoms with Crippen LogP contribution in [0.1, 0.15) is 28.2 Å². The van der Waals surface area contributed by atoms with Crippen molar-refractivity contribution in [2.45, 2.75) is 33.6 Å². The minimum atomic E-state index is -0.905. The number of carboxylic acids is 1. The smallest absolute Gasteiger partial charge is 0.303 e. The van der Waals surface area contributed by atoms with Crippen molar-refractivity contribution in [1.29, 1.82) is 0 Å². The Bertz CT molecular complexity index is 685. The summed E-state index contributed by atoms with van der Waals surface area (Å²) in [7, 11) is 0. The Balaban J connectivity index is 2.64. The van der Waals surface area contributed by atoms with Crippen LogP contribution in [0.2, 0.25) is 0 Å². The number of carbonyl (C=O) groups is 1. The van der Waals surface area contributed by atoms with Gasteiger partial charge in [0.1, 0.15) is 0 Å². The van der Waals surface area contributed by atoms with E-state index in [1.54, 1.807) is 11.3 Å². The lowest BCUT2D eigenvalue weighted by atomic mass is 10.1. The summed E-state index contributed by atoms with van der Waals surface area (Å²) in [5, 5.41) is 8.70. The highest BCUT2D eigenvalue weighted by atomic mass is 32.1. The Morgan fingerprint density at radius 2 is 2.06 bits per heavy atom. The first kappa shape index (κ1) is 12.8. The maximum atomic E-state index is 12.3. The predicted molar refractivity (Wildman–Crippen MR) is 69.5 cm³/mol. The van der Waals surface area contributed by atoms with Crippen molar-refractivity contribution in [3.05, 3.63) is 32.2 Å². The predicted octanol–water partition coefficient (Wildman–Crippen LogP) is 1.70. The summed E-state index contributed by atoms with van der Waals surface area (Å²) < 4.78 is 1.57. The van der Waals surface area contributed by atoms with E-state index in [-0.39, 0.29) is 18.4 Å². The van der Waals surface area contributed by atoms with Crippen molar-refractivity contribution in [3.8, 4) is 0 Å². The van der Waals surface area contributed by atoms with Gasteiger partial charge in [-0.2, -0.15) is 0 Å². The highest BCUT2D eigenvalue weighted by Gasteiger charge is 2.15. The number of carboxylic acid groups (broad SMARTS) is 1. The van der Waals surface area contributed by atoms with E-state index in [1.165, 1.54) is 11.3 Å². The lowest BCUT2D eigenvalue weighted by Gasteiger charge is -2.04. The molecular weight excluding hydrogens is 252 g/mol. The Labute approximate surface area is 108 Å². The van der Waals surface area contributed by atoms with Crippen LogP contribution in [0, 0.1) is 20.8 Å². The van der Waals surface area contributed by atoms with E-state index in [0.29, 0.717) is 16.2 Å². The number of thiazole rings is 1. The summed E-state index contributed by atoms with van der Waals surface area (Å²) >= 11 is 1.48. The molecule has 2 aromatic heterocycles. The van der Waals surface area contributed by atoms with Crippen LogP contribution in [0.5, 0.6) is 0 Å². The summed E-state index contributed by atoms with van der Waals surface area (Å²) in [5.74, 6) is -0.905. The molecule has 0 radical (unpaired) electrons. The Kier molecular flexibility index (Phi) is 3.21. The molecule has 0 bridgehead atoms. The third kappa shape index (κ3) is 2.03. The molecule has 0 amide bonds. The van der Waals surface area contributed by atoms with Crippen LogP contribution in [-0.4, -0.2) is 20.5 Å². The van der Waals surface area contributed by atoms with Crippen LogP contribution in [0.25, 0.3) is 4.96 Å². The van der Waals surface area contributed by atoms with E-state index in [1.807, 2.05) is 13.8 Å². The average molecular weight is 266 g/mol. The van der Waals surface area contributed by atoms with Gasteiger partial charge >= 0.3 is 5.97 Å². The van der Waals surface area contributed by atoms with E-state index >= 15 is 0 Å². The van der Waals surface area contributed by atoms with Crippen LogP contribution >= 0.6 is 11.3 Å². The van der Waals surface area contributed by atoms with E-state index in [9.17, 15) is 9.59 Å². The lowest BCUT2D eigenvalue weighted by molar-refractivity contribution is -0.136.